The Labute approximate surface area is 117 Å². The van der Waals surface area contributed by atoms with Crippen LogP contribution in [0.4, 0.5) is 11.5 Å². The molecule has 2 rings (SSSR count). The maximum Gasteiger partial charge on any atom is 0.151 e. The van der Waals surface area contributed by atoms with Crippen molar-refractivity contribution in [3.05, 3.63) is 53.2 Å². The minimum Gasteiger partial charge on any atom is -0.396 e. The number of halogens is 1. The van der Waals surface area contributed by atoms with Crippen LogP contribution in [0.15, 0.2) is 42.5 Å². The molecule has 4 nitrogen and oxygen atoms in total. The first-order valence-corrected chi connectivity index (χ1v) is 6.31. The topological polar surface area (TPSA) is 60.2 Å². The Kier molecular flexibility index (Phi) is 4.60. The third-order valence-corrected chi connectivity index (χ3v) is 2.95. The monoisotopic (exact) mass is 277 g/mol. The van der Waals surface area contributed by atoms with E-state index >= 15 is 0 Å². The molecule has 0 aliphatic rings. The number of anilines is 2. The van der Waals surface area contributed by atoms with Gasteiger partial charge < -0.3 is 15.8 Å². The SMILES string of the molecule is COC[C@H](Nc1nc(Cl)ccc1N)c1ccccc1. The fraction of sp³-hybridized carbons (Fsp3) is 0.214. The van der Waals surface area contributed by atoms with Crippen molar-refractivity contribution in [2.75, 3.05) is 24.8 Å². The Morgan fingerprint density at radius 2 is 2.00 bits per heavy atom. The van der Waals surface area contributed by atoms with Crippen LogP contribution in [0.2, 0.25) is 5.15 Å². The summed E-state index contributed by atoms with van der Waals surface area (Å²) in [6.45, 7) is 0.512. The molecule has 1 aromatic carbocycles. The number of nitrogens with zero attached hydrogens (tertiary/aromatic N) is 1. The number of aromatic nitrogens is 1. The average molecular weight is 278 g/mol. The highest BCUT2D eigenvalue weighted by molar-refractivity contribution is 6.29. The molecule has 0 bridgehead atoms. The van der Waals surface area contributed by atoms with Gasteiger partial charge in [-0.2, -0.15) is 0 Å². The van der Waals surface area contributed by atoms with Crippen molar-refractivity contribution in [2.45, 2.75) is 6.04 Å². The molecule has 0 aliphatic heterocycles. The van der Waals surface area contributed by atoms with Gasteiger partial charge in [0, 0.05) is 7.11 Å². The molecule has 0 fully saturated rings. The number of nitrogens with one attached hydrogen (secondary N) is 1. The molecule has 3 N–H and O–H groups in total. The Hall–Kier alpha value is -1.78. The minimum absolute atomic E-state index is 0.0283. The molecule has 5 heteroatoms. The summed E-state index contributed by atoms with van der Waals surface area (Å²) in [7, 11) is 1.66. The fourth-order valence-corrected chi connectivity index (χ4v) is 1.95. The Morgan fingerprint density at radius 1 is 1.26 bits per heavy atom. The third kappa shape index (κ3) is 3.59. The van der Waals surface area contributed by atoms with Crippen LogP contribution in [0.1, 0.15) is 11.6 Å². The number of pyridine rings is 1. The lowest BCUT2D eigenvalue weighted by atomic mass is 10.1. The van der Waals surface area contributed by atoms with E-state index in [-0.39, 0.29) is 6.04 Å². The van der Waals surface area contributed by atoms with Crippen molar-refractivity contribution < 1.29 is 4.74 Å². The van der Waals surface area contributed by atoms with E-state index in [0.717, 1.165) is 5.56 Å². The van der Waals surface area contributed by atoms with Crippen molar-refractivity contribution in [3.8, 4) is 0 Å². The van der Waals surface area contributed by atoms with E-state index in [1.807, 2.05) is 30.3 Å². The van der Waals surface area contributed by atoms with Gasteiger partial charge in [0.15, 0.2) is 5.82 Å². The summed E-state index contributed by atoms with van der Waals surface area (Å²) in [4.78, 5) is 4.19. The van der Waals surface area contributed by atoms with Gasteiger partial charge in [0.25, 0.3) is 0 Å². The van der Waals surface area contributed by atoms with E-state index in [1.54, 1.807) is 19.2 Å². The van der Waals surface area contributed by atoms with E-state index < -0.39 is 0 Å². The zero-order chi connectivity index (χ0) is 13.7. The van der Waals surface area contributed by atoms with E-state index in [2.05, 4.69) is 10.3 Å². The maximum absolute atomic E-state index is 5.89. The lowest BCUT2D eigenvalue weighted by Gasteiger charge is -2.20. The first-order valence-electron chi connectivity index (χ1n) is 5.93. The highest BCUT2D eigenvalue weighted by atomic mass is 35.5. The molecule has 0 saturated heterocycles. The van der Waals surface area contributed by atoms with Crippen LogP contribution in [0, 0.1) is 0 Å². The summed E-state index contributed by atoms with van der Waals surface area (Å²) in [6.07, 6.45) is 0. The maximum atomic E-state index is 5.89. The molecule has 1 aromatic heterocycles. The highest BCUT2D eigenvalue weighted by Gasteiger charge is 2.13. The zero-order valence-corrected chi connectivity index (χ0v) is 11.4. The third-order valence-electron chi connectivity index (χ3n) is 2.74. The molecular weight excluding hydrogens is 262 g/mol. The van der Waals surface area contributed by atoms with Crippen LogP contribution in [-0.2, 0) is 4.74 Å². The zero-order valence-electron chi connectivity index (χ0n) is 10.6. The van der Waals surface area contributed by atoms with Crippen LogP contribution in [-0.4, -0.2) is 18.7 Å². The van der Waals surface area contributed by atoms with Gasteiger partial charge in [-0.3, -0.25) is 0 Å². The molecule has 0 unspecified atom stereocenters. The Bertz CT molecular complexity index is 533. The van der Waals surface area contributed by atoms with Crippen molar-refractivity contribution in [2.24, 2.45) is 0 Å². The predicted octanol–water partition coefficient (Wildman–Crippen LogP) is 3.12. The highest BCUT2D eigenvalue weighted by Crippen LogP contribution is 2.24. The second-order valence-electron chi connectivity index (χ2n) is 4.13. The number of ether oxygens (including phenoxy) is 1. The quantitative estimate of drug-likeness (QED) is 0.825. The average Bonchev–Trinajstić information content (AvgIpc) is 2.43. The summed E-state index contributed by atoms with van der Waals surface area (Å²) >= 11 is 5.89. The molecule has 2 aromatic rings. The van der Waals surface area contributed by atoms with Crippen LogP contribution >= 0.6 is 11.6 Å². The largest absolute Gasteiger partial charge is 0.396 e. The summed E-state index contributed by atoms with van der Waals surface area (Å²) in [5.74, 6) is 0.568. The van der Waals surface area contributed by atoms with Gasteiger partial charge in [0.2, 0.25) is 0 Å². The molecule has 100 valence electrons. The van der Waals surface area contributed by atoms with Gasteiger partial charge in [0.1, 0.15) is 5.15 Å². The molecule has 19 heavy (non-hydrogen) atoms. The number of benzene rings is 1. The van der Waals surface area contributed by atoms with Crippen molar-refractivity contribution in [1.82, 2.24) is 4.98 Å². The molecule has 1 atom stereocenters. The second kappa shape index (κ2) is 6.41. The molecule has 0 aliphatic carbocycles. The number of nitrogen functional groups attached to an aromatic ring is 1. The standard InChI is InChI=1S/C14H16ClN3O/c1-19-9-12(10-5-3-2-4-6-10)17-14-11(16)7-8-13(15)18-14/h2-8,12H,9,16H2,1H3,(H,17,18)/t12-/m0/s1. The van der Waals surface area contributed by atoms with Gasteiger partial charge in [-0.05, 0) is 17.7 Å². The molecule has 0 amide bonds. The molecule has 1 heterocycles. The molecular formula is C14H16ClN3O. The minimum atomic E-state index is -0.0283. The Balaban J connectivity index is 2.24. The summed E-state index contributed by atoms with van der Waals surface area (Å²) in [6, 6.07) is 13.3. The van der Waals surface area contributed by atoms with Crippen LogP contribution in [0.5, 0.6) is 0 Å². The first-order chi connectivity index (χ1) is 9.20. The second-order valence-corrected chi connectivity index (χ2v) is 4.52. The lowest BCUT2D eigenvalue weighted by molar-refractivity contribution is 0.186. The van der Waals surface area contributed by atoms with Gasteiger partial charge in [-0.25, -0.2) is 4.98 Å². The van der Waals surface area contributed by atoms with Gasteiger partial charge in [-0.1, -0.05) is 41.9 Å². The van der Waals surface area contributed by atoms with E-state index in [0.29, 0.717) is 23.3 Å². The van der Waals surface area contributed by atoms with E-state index in [1.165, 1.54) is 0 Å². The summed E-state index contributed by atoms with van der Waals surface area (Å²) < 4.78 is 5.24. The normalized spacial score (nSPS) is 12.1. The fourth-order valence-electron chi connectivity index (χ4n) is 1.80. The van der Waals surface area contributed by atoms with Crippen LogP contribution in [0.3, 0.4) is 0 Å². The molecule has 0 spiro atoms. The van der Waals surface area contributed by atoms with E-state index in [9.17, 15) is 0 Å². The first kappa shape index (κ1) is 13.6. The number of hydrogen-bond donors (Lipinski definition) is 2. The van der Waals surface area contributed by atoms with E-state index in [4.69, 9.17) is 22.1 Å². The summed E-state index contributed by atoms with van der Waals surface area (Å²) in [5, 5.41) is 3.66. The van der Waals surface area contributed by atoms with Crippen molar-refractivity contribution >= 4 is 23.1 Å². The number of methoxy groups -OCH3 is 1. The van der Waals surface area contributed by atoms with Gasteiger partial charge >= 0.3 is 0 Å². The van der Waals surface area contributed by atoms with Gasteiger partial charge in [-0.15, -0.1) is 0 Å². The predicted molar refractivity (Wildman–Crippen MR) is 78.3 cm³/mol. The summed E-state index contributed by atoms with van der Waals surface area (Å²) in [5.41, 5.74) is 7.55. The number of nitrogens with two attached hydrogens (primary N) is 1. The van der Waals surface area contributed by atoms with Crippen LogP contribution in [0.25, 0.3) is 0 Å². The van der Waals surface area contributed by atoms with Crippen LogP contribution < -0.4 is 11.1 Å². The Morgan fingerprint density at radius 3 is 2.68 bits per heavy atom. The van der Waals surface area contributed by atoms with Crippen molar-refractivity contribution in [3.63, 3.8) is 0 Å². The number of hydrogen-bond acceptors (Lipinski definition) is 4. The number of rotatable bonds is 5. The molecule has 0 radical (unpaired) electrons. The van der Waals surface area contributed by atoms with Crippen molar-refractivity contribution in [1.29, 1.82) is 0 Å². The smallest absolute Gasteiger partial charge is 0.151 e. The molecule has 0 saturated carbocycles. The van der Waals surface area contributed by atoms with Gasteiger partial charge in [0.05, 0.1) is 18.3 Å². The lowest BCUT2D eigenvalue weighted by Crippen LogP contribution is -2.17.